The zero-order valence-corrected chi connectivity index (χ0v) is 11.3. The third kappa shape index (κ3) is 2.76. The van der Waals surface area contributed by atoms with E-state index in [0.29, 0.717) is 6.04 Å². The fourth-order valence-electron chi connectivity index (χ4n) is 3.55. The first kappa shape index (κ1) is 12.2. The molecule has 3 saturated heterocycles. The third-order valence-electron chi connectivity index (χ3n) is 4.54. The van der Waals surface area contributed by atoms with Crippen LogP contribution in [0.15, 0.2) is 30.3 Å². The summed E-state index contributed by atoms with van der Waals surface area (Å²) in [7, 11) is 0. The van der Waals surface area contributed by atoms with E-state index in [1.54, 1.807) is 0 Å². The van der Waals surface area contributed by atoms with Gasteiger partial charge in [-0.3, -0.25) is 0 Å². The Labute approximate surface area is 110 Å². The minimum absolute atomic E-state index is 0.581. The van der Waals surface area contributed by atoms with Crippen LogP contribution in [0.5, 0.6) is 0 Å². The maximum absolute atomic E-state index is 3.86. The summed E-state index contributed by atoms with van der Waals surface area (Å²) in [5.74, 6) is 0.924. The standard InChI is InChI=1S/C16H24N2/c1-13(11-14-5-3-2-4-6-14)17-16-12-18-9-7-15(16)8-10-18/h2-6,13,15-17H,7-12H2,1H3/t13-,16+/m1/s1. The van der Waals surface area contributed by atoms with Gasteiger partial charge in [-0.1, -0.05) is 30.3 Å². The van der Waals surface area contributed by atoms with Crippen LogP contribution in [0.2, 0.25) is 0 Å². The Morgan fingerprint density at radius 3 is 2.56 bits per heavy atom. The van der Waals surface area contributed by atoms with Crippen molar-refractivity contribution in [2.24, 2.45) is 5.92 Å². The van der Waals surface area contributed by atoms with Crippen molar-refractivity contribution < 1.29 is 0 Å². The van der Waals surface area contributed by atoms with Crippen LogP contribution < -0.4 is 5.32 Å². The van der Waals surface area contributed by atoms with Crippen LogP contribution in [0, 0.1) is 5.92 Å². The zero-order valence-electron chi connectivity index (χ0n) is 11.3. The lowest BCUT2D eigenvalue weighted by atomic mass is 9.83. The highest BCUT2D eigenvalue weighted by Gasteiger charge is 2.34. The molecule has 2 bridgehead atoms. The molecule has 0 spiro atoms. The fraction of sp³-hybridized carbons (Fsp3) is 0.625. The topological polar surface area (TPSA) is 15.3 Å². The van der Waals surface area contributed by atoms with Crippen molar-refractivity contribution in [2.75, 3.05) is 19.6 Å². The Bertz CT molecular complexity index is 368. The summed E-state index contributed by atoms with van der Waals surface area (Å²) in [5.41, 5.74) is 1.44. The van der Waals surface area contributed by atoms with E-state index in [2.05, 4.69) is 47.5 Å². The van der Waals surface area contributed by atoms with E-state index in [0.717, 1.165) is 18.4 Å². The first-order valence-electron chi connectivity index (χ1n) is 7.33. The first-order valence-corrected chi connectivity index (χ1v) is 7.33. The normalized spacial score (nSPS) is 32.4. The average molecular weight is 244 g/mol. The number of rotatable bonds is 4. The Hall–Kier alpha value is -0.860. The average Bonchev–Trinajstić information content (AvgIpc) is 2.41. The molecule has 0 aromatic heterocycles. The van der Waals surface area contributed by atoms with Crippen LogP contribution in [0.1, 0.15) is 25.3 Å². The maximum atomic E-state index is 3.86. The SMILES string of the molecule is C[C@H](Cc1ccccc1)N[C@H]1CN2CCC1CC2. The summed E-state index contributed by atoms with van der Waals surface area (Å²) in [6.07, 6.45) is 3.94. The van der Waals surface area contributed by atoms with E-state index in [-0.39, 0.29) is 0 Å². The van der Waals surface area contributed by atoms with Gasteiger partial charge in [0.2, 0.25) is 0 Å². The molecule has 1 aromatic carbocycles. The number of nitrogens with zero attached hydrogens (tertiary/aromatic N) is 1. The summed E-state index contributed by atoms with van der Waals surface area (Å²) in [5, 5.41) is 3.86. The molecule has 0 aliphatic carbocycles. The summed E-state index contributed by atoms with van der Waals surface area (Å²) < 4.78 is 0. The van der Waals surface area contributed by atoms with Gasteiger partial charge in [0.05, 0.1) is 0 Å². The summed E-state index contributed by atoms with van der Waals surface area (Å²) in [4.78, 5) is 2.62. The number of piperidine rings is 3. The molecule has 0 unspecified atom stereocenters. The predicted octanol–water partition coefficient (Wildman–Crippen LogP) is 2.30. The quantitative estimate of drug-likeness (QED) is 0.874. The summed E-state index contributed by atoms with van der Waals surface area (Å²) in [6.45, 7) is 6.25. The molecule has 1 aromatic rings. The highest BCUT2D eigenvalue weighted by Crippen LogP contribution is 2.27. The zero-order chi connectivity index (χ0) is 12.4. The molecule has 3 aliphatic rings. The Kier molecular flexibility index (Phi) is 3.67. The summed E-state index contributed by atoms with van der Waals surface area (Å²) >= 11 is 0. The van der Waals surface area contributed by atoms with E-state index in [9.17, 15) is 0 Å². The molecule has 4 rings (SSSR count). The van der Waals surface area contributed by atoms with Crippen LogP contribution >= 0.6 is 0 Å². The molecule has 18 heavy (non-hydrogen) atoms. The molecule has 2 nitrogen and oxygen atoms in total. The number of hydrogen-bond acceptors (Lipinski definition) is 2. The van der Waals surface area contributed by atoms with E-state index < -0.39 is 0 Å². The van der Waals surface area contributed by atoms with Crippen LogP contribution in [0.3, 0.4) is 0 Å². The molecule has 0 amide bonds. The van der Waals surface area contributed by atoms with Crippen molar-refractivity contribution in [3.63, 3.8) is 0 Å². The van der Waals surface area contributed by atoms with Crippen LogP contribution in [0.25, 0.3) is 0 Å². The van der Waals surface area contributed by atoms with Gasteiger partial charge >= 0.3 is 0 Å². The molecule has 98 valence electrons. The van der Waals surface area contributed by atoms with Gasteiger partial charge in [0.1, 0.15) is 0 Å². The van der Waals surface area contributed by atoms with Gasteiger partial charge in [0, 0.05) is 18.6 Å². The predicted molar refractivity (Wildman–Crippen MR) is 75.7 cm³/mol. The monoisotopic (exact) mass is 244 g/mol. The van der Waals surface area contributed by atoms with Crippen molar-refractivity contribution in [3.05, 3.63) is 35.9 Å². The molecule has 3 aliphatic heterocycles. The lowest BCUT2D eigenvalue weighted by molar-refractivity contribution is 0.0680. The van der Waals surface area contributed by atoms with Crippen molar-refractivity contribution in [3.8, 4) is 0 Å². The minimum Gasteiger partial charge on any atom is -0.310 e. The van der Waals surface area contributed by atoms with Gasteiger partial charge in [0.15, 0.2) is 0 Å². The van der Waals surface area contributed by atoms with Gasteiger partial charge in [-0.05, 0) is 50.8 Å². The molecule has 0 radical (unpaired) electrons. The first-order chi connectivity index (χ1) is 8.81. The Balaban J connectivity index is 1.53. The number of benzene rings is 1. The van der Waals surface area contributed by atoms with E-state index >= 15 is 0 Å². The van der Waals surface area contributed by atoms with Gasteiger partial charge in [-0.25, -0.2) is 0 Å². The van der Waals surface area contributed by atoms with Crippen molar-refractivity contribution in [1.82, 2.24) is 10.2 Å². The van der Waals surface area contributed by atoms with E-state index in [1.165, 1.54) is 38.0 Å². The third-order valence-corrected chi connectivity index (χ3v) is 4.54. The van der Waals surface area contributed by atoms with Crippen molar-refractivity contribution >= 4 is 0 Å². The molecule has 0 saturated carbocycles. The molecule has 2 heteroatoms. The second-order valence-corrected chi connectivity index (χ2v) is 6.00. The second-order valence-electron chi connectivity index (χ2n) is 6.00. The minimum atomic E-state index is 0.581. The smallest absolute Gasteiger partial charge is 0.0226 e. The van der Waals surface area contributed by atoms with E-state index in [4.69, 9.17) is 0 Å². The Morgan fingerprint density at radius 2 is 1.94 bits per heavy atom. The van der Waals surface area contributed by atoms with Crippen molar-refractivity contribution in [2.45, 2.75) is 38.3 Å². The molecule has 3 heterocycles. The van der Waals surface area contributed by atoms with Gasteiger partial charge in [-0.15, -0.1) is 0 Å². The molecular formula is C16H24N2. The highest BCUT2D eigenvalue weighted by molar-refractivity contribution is 5.15. The van der Waals surface area contributed by atoms with Crippen molar-refractivity contribution in [1.29, 1.82) is 0 Å². The lowest BCUT2D eigenvalue weighted by Crippen LogP contribution is -2.57. The fourth-order valence-corrected chi connectivity index (χ4v) is 3.55. The molecule has 3 fully saturated rings. The summed E-state index contributed by atoms with van der Waals surface area (Å²) in [6, 6.07) is 12.1. The highest BCUT2D eigenvalue weighted by atomic mass is 15.2. The lowest BCUT2D eigenvalue weighted by Gasteiger charge is -2.46. The molecular weight excluding hydrogens is 220 g/mol. The number of hydrogen-bond donors (Lipinski definition) is 1. The van der Waals surface area contributed by atoms with Gasteiger partial charge < -0.3 is 10.2 Å². The maximum Gasteiger partial charge on any atom is 0.0226 e. The second kappa shape index (κ2) is 5.41. The Morgan fingerprint density at radius 1 is 1.22 bits per heavy atom. The van der Waals surface area contributed by atoms with Gasteiger partial charge in [0.25, 0.3) is 0 Å². The van der Waals surface area contributed by atoms with E-state index in [1.807, 2.05) is 0 Å². The van der Waals surface area contributed by atoms with Gasteiger partial charge in [-0.2, -0.15) is 0 Å². The number of nitrogens with one attached hydrogen (secondary N) is 1. The molecule has 2 atom stereocenters. The van der Waals surface area contributed by atoms with Crippen LogP contribution in [0.4, 0.5) is 0 Å². The molecule has 1 N–H and O–H groups in total. The largest absolute Gasteiger partial charge is 0.310 e. The van der Waals surface area contributed by atoms with Crippen LogP contribution in [-0.4, -0.2) is 36.6 Å². The number of fused-ring (bicyclic) bond motifs is 3. The van der Waals surface area contributed by atoms with Crippen LogP contribution in [-0.2, 0) is 6.42 Å².